The van der Waals surface area contributed by atoms with Gasteiger partial charge in [0.1, 0.15) is 19.1 Å². The molecule has 0 unspecified atom stereocenters. The number of rotatable bonds is 16. The summed E-state index contributed by atoms with van der Waals surface area (Å²) in [6.45, 7) is 5.27. The first-order chi connectivity index (χ1) is 9.91. The van der Waals surface area contributed by atoms with Crippen LogP contribution in [0.3, 0.4) is 0 Å². The summed E-state index contributed by atoms with van der Waals surface area (Å²) in [6.07, 6.45) is 2.04. The van der Waals surface area contributed by atoms with Crippen LogP contribution in [-0.4, -0.2) is 78.3 Å². The molecule has 0 spiro atoms. The molecule has 0 bridgehead atoms. The Bertz CT molecular complexity index is 199. The van der Waals surface area contributed by atoms with E-state index in [1.165, 1.54) is 6.26 Å². The van der Waals surface area contributed by atoms with Crippen LogP contribution in [0.4, 0.5) is 0 Å². The second-order valence-electron chi connectivity index (χ2n) is 3.60. The van der Waals surface area contributed by atoms with Crippen LogP contribution < -0.4 is 0 Å². The van der Waals surface area contributed by atoms with Gasteiger partial charge in [0, 0.05) is 7.11 Å². The van der Waals surface area contributed by atoms with Crippen molar-refractivity contribution in [3.8, 4) is 0 Å². The van der Waals surface area contributed by atoms with Gasteiger partial charge in [-0.15, -0.1) is 0 Å². The second kappa shape index (κ2) is 18.1. The summed E-state index contributed by atoms with van der Waals surface area (Å²) in [7, 11) is 1.64. The summed E-state index contributed by atoms with van der Waals surface area (Å²) in [5, 5.41) is 8.29. The standard InChI is InChI=1S/C13H26O7/c1-15-4-5-17-8-9-19-12-13-20-11-10-18-7-6-16-3-2-14/h2-3,14H,4-13H2,1H3/b3-2+. The minimum Gasteiger partial charge on any atom is -0.512 e. The lowest BCUT2D eigenvalue weighted by Crippen LogP contribution is -2.13. The zero-order valence-electron chi connectivity index (χ0n) is 12.1. The topological polar surface area (TPSA) is 75.6 Å². The highest BCUT2D eigenvalue weighted by molar-refractivity contribution is 4.56. The fraction of sp³-hybridized carbons (Fsp3) is 0.846. The lowest BCUT2D eigenvalue weighted by molar-refractivity contribution is -0.0110. The Labute approximate surface area is 120 Å². The van der Waals surface area contributed by atoms with Crippen molar-refractivity contribution in [2.75, 3.05) is 73.2 Å². The molecule has 7 nitrogen and oxygen atoms in total. The van der Waals surface area contributed by atoms with E-state index in [2.05, 4.69) is 0 Å². The second-order valence-corrected chi connectivity index (χ2v) is 3.60. The Hall–Kier alpha value is -0.860. The van der Waals surface area contributed by atoms with Crippen LogP contribution in [-0.2, 0) is 28.4 Å². The lowest BCUT2D eigenvalue weighted by atomic mass is 10.7. The van der Waals surface area contributed by atoms with E-state index in [-0.39, 0.29) is 0 Å². The SMILES string of the molecule is COCCOCCOCCOCCOCCO/C=C/O. The maximum Gasteiger partial charge on any atom is 0.117 e. The largest absolute Gasteiger partial charge is 0.512 e. The fourth-order valence-electron chi connectivity index (χ4n) is 1.12. The summed E-state index contributed by atoms with van der Waals surface area (Å²) < 4.78 is 30.8. The molecule has 0 radical (unpaired) electrons. The average molecular weight is 294 g/mol. The first kappa shape index (κ1) is 19.1. The van der Waals surface area contributed by atoms with E-state index in [9.17, 15) is 0 Å². The molecule has 0 saturated heterocycles. The normalized spacial score (nSPS) is 11.2. The fourth-order valence-corrected chi connectivity index (χ4v) is 1.12. The zero-order chi connectivity index (χ0) is 14.7. The van der Waals surface area contributed by atoms with Crippen LogP contribution in [0.25, 0.3) is 0 Å². The number of hydrogen-bond donors (Lipinski definition) is 1. The molecule has 0 aromatic carbocycles. The molecule has 0 aromatic heterocycles. The van der Waals surface area contributed by atoms with Crippen molar-refractivity contribution in [2.45, 2.75) is 0 Å². The Balaban J connectivity index is 2.92. The number of methoxy groups -OCH3 is 1. The number of aliphatic hydroxyl groups is 1. The Morgan fingerprint density at radius 3 is 1.45 bits per heavy atom. The van der Waals surface area contributed by atoms with Crippen molar-refractivity contribution >= 4 is 0 Å². The Kier molecular flexibility index (Phi) is 17.4. The third kappa shape index (κ3) is 17.1. The average Bonchev–Trinajstić information content (AvgIpc) is 2.47. The van der Waals surface area contributed by atoms with Crippen LogP contribution in [0.1, 0.15) is 0 Å². The summed E-state index contributed by atoms with van der Waals surface area (Å²) >= 11 is 0. The van der Waals surface area contributed by atoms with Crippen LogP contribution in [0.15, 0.2) is 12.5 Å². The molecule has 0 fully saturated rings. The molecule has 0 aliphatic heterocycles. The third-order valence-corrected chi connectivity index (χ3v) is 2.05. The van der Waals surface area contributed by atoms with Crippen LogP contribution in [0.2, 0.25) is 0 Å². The van der Waals surface area contributed by atoms with E-state index < -0.39 is 0 Å². The van der Waals surface area contributed by atoms with E-state index in [0.717, 1.165) is 6.26 Å². The summed E-state index contributed by atoms with van der Waals surface area (Å²) in [5.41, 5.74) is 0. The lowest BCUT2D eigenvalue weighted by Gasteiger charge is -2.07. The molecule has 7 heteroatoms. The quantitative estimate of drug-likeness (QED) is 0.332. The van der Waals surface area contributed by atoms with Gasteiger partial charge in [0.25, 0.3) is 0 Å². The number of hydrogen-bond acceptors (Lipinski definition) is 7. The van der Waals surface area contributed by atoms with Crippen LogP contribution in [0, 0.1) is 0 Å². The van der Waals surface area contributed by atoms with Gasteiger partial charge in [-0.25, -0.2) is 0 Å². The molecule has 120 valence electrons. The van der Waals surface area contributed by atoms with Crippen molar-refractivity contribution in [1.82, 2.24) is 0 Å². The van der Waals surface area contributed by atoms with Gasteiger partial charge in [-0.2, -0.15) is 0 Å². The first-order valence-electron chi connectivity index (χ1n) is 6.62. The predicted octanol–water partition coefficient (Wildman–Crippen LogP) is 0.745. The van der Waals surface area contributed by atoms with E-state index in [1.807, 2.05) is 0 Å². The van der Waals surface area contributed by atoms with Crippen LogP contribution >= 0.6 is 0 Å². The molecule has 0 aromatic rings. The maximum absolute atomic E-state index is 8.29. The van der Waals surface area contributed by atoms with Gasteiger partial charge in [-0.05, 0) is 0 Å². The highest BCUT2D eigenvalue weighted by atomic mass is 16.6. The molecule has 0 heterocycles. The van der Waals surface area contributed by atoms with Gasteiger partial charge in [0.2, 0.25) is 0 Å². The van der Waals surface area contributed by atoms with E-state index >= 15 is 0 Å². The molecule has 0 aliphatic rings. The predicted molar refractivity (Wildman–Crippen MR) is 72.9 cm³/mol. The zero-order valence-corrected chi connectivity index (χ0v) is 12.1. The first-order valence-corrected chi connectivity index (χ1v) is 6.62. The highest BCUT2D eigenvalue weighted by Gasteiger charge is 1.92. The Morgan fingerprint density at radius 2 is 1.05 bits per heavy atom. The van der Waals surface area contributed by atoms with Gasteiger partial charge in [0.05, 0.1) is 59.5 Å². The highest BCUT2D eigenvalue weighted by Crippen LogP contribution is 1.84. The maximum atomic E-state index is 8.29. The molecular formula is C13H26O7. The van der Waals surface area contributed by atoms with Crippen molar-refractivity contribution in [1.29, 1.82) is 0 Å². The molecule has 20 heavy (non-hydrogen) atoms. The van der Waals surface area contributed by atoms with Gasteiger partial charge in [-0.3, -0.25) is 0 Å². The molecule has 0 atom stereocenters. The molecular weight excluding hydrogens is 268 g/mol. The molecule has 1 N–H and O–H groups in total. The Morgan fingerprint density at radius 1 is 0.650 bits per heavy atom. The molecule has 0 saturated carbocycles. The summed E-state index contributed by atoms with van der Waals surface area (Å²) in [4.78, 5) is 0. The summed E-state index contributed by atoms with van der Waals surface area (Å²) in [5.74, 6) is 0. The minimum atomic E-state index is 0.406. The molecule has 0 aliphatic carbocycles. The van der Waals surface area contributed by atoms with Crippen molar-refractivity contribution in [3.05, 3.63) is 12.5 Å². The van der Waals surface area contributed by atoms with E-state index in [0.29, 0.717) is 66.1 Å². The van der Waals surface area contributed by atoms with E-state index in [4.69, 9.17) is 33.5 Å². The summed E-state index contributed by atoms with van der Waals surface area (Å²) in [6, 6.07) is 0. The van der Waals surface area contributed by atoms with Crippen LogP contribution in [0.5, 0.6) is 0 Å². The van der Waals surface area contributed by atoms with Gasteiger partial charge < -0.3 is 33.5 Å². The van der Waals surface area contributed by atoms with Crippen molar-refractivity contribution < 1.29 is 33.5 Å². The smallest absolute Gasteiger partial charge is 0.117 e. The van der Waals surface area contributed by atoms with Crippen molar-refractivity contribution in [3.63, 3.8) is 0 Å². The van der Waals surface area contributed by atoms with Gasteiger partial charge >= 0.3 is 0 Å². The molecule has 0 rings (SSSR count). The number of aliphatic hydroxyl groups excluding tert-OH is 1. The van der Waals surface area contributed by atoms with Gasteiger partial charge in [-0.1, -0.05) is 0 Å². The minimum absolute atomic E-state index is 0.406. The third-order valence-electron chi connectivity index (χ3n) is 2.05. The monoisotopic (exact) mass is 294 g/mol. The van der Waals surface area contributed by atoms with Gasteiger partial charge in [0.15, 0.2) is 0 Å². The molecule has 0 amide bonds. The number of ether oxygens (including phenoxy) is 6. The van der Waals surface area contributed by atoms with E-state index in [1.54, 1.807) is 7.11 Å². The van der Waals surface area contributed by atoms with Crippen molar-refractivity contribution in [2.24, 2.45) is 0 Å².